The van der Waals surface area contributed by atoms with Gasteiger partial charge in [0.25, 0.3) is 0 Å². The molecule has 1 unspecified atom stereocenters. The maximum Gasteiger partial charge on any atom is 0.238 e. The molecule has 3 aromatic rings. The van der Waals surface area contributed by atoms with Crippen molar-refractivity contribution < 1.29 is 19.4 Å². The Morgan fingerprint density at radius 1 is 1.28 bits per heavy atom. The van der Waals surface area contributed by atoms with Gasteiger partial charge in [0, 0.05) is 19.2 Å². The van der Waals surface area contributed by atoms with Gasteiger partial charge in [-0.3, -0.25) is 9.78 Å². The molecule has 1 aliphatic rings. The number of nitrogens with one attached hydrogen (secondary N) is 1. The first-order chi connectivity index (χ1) is 17.2. The number of nitrogens with zero attached hydrogens (tertiary/aromatic N) is 4. The molecule has 1 amide bonds. The van der Waals surface area contributed by atoms with Crippen LogP contribution in [0.4, 0.5) is 11.5 Å². The summed E-state index contributed by atoms with van der Waals surface area (Å²) in [7, 11) is 0. The molecule has 2 atom stereocenters. The van der Waals surface area contributed by atoms with Gasteiger partial charge in [-0.2, -0.15) is 0 Å². The lowest BCUT2D eigenvalue weighted by Gasteiger charge is -2.21. The fraction of sp³-hybridized carbons (Fsp3) is 0.385. The molecule has 1 fully saturated rings. The van der Waals surface area contributed by atoms with Crippen LogP contribution in [0.15, 0.2) is 55.1 Å². The highest BCUT2D eigenvalue weighted by Gasteiger charge is 2.28. The summed E-state index contributed by atoms with van der Waals surface area (Å²) in [5, 5.41) is 13.1. The Hall–Kier alpha value is -3.43. The molecule has 10 heteroatoms. The zero-order valence-corrected chi connectivity index (χ0v) is 21.3. The van der Waals surface area contributed by atoms with Crippen molar-refractivity contribution in [2.75, 3.05) is 29.9 Å². The second-order valence-corrected chi connectivity index (χ2v) is 9.79. The lowest BCUT2D eigenvalue weighted by molar-refractivity contribution is -0.117. The molecule has 0 saturated carbocycles. The summed E-state index contributed by atoms with van der Waals surface area (Å²) in [5.74, 6) is 1.12. The molecule has 1 aliphatic heterocycles. The third-order valence-electron chi connectivity index (χ3n) is 5.75. The van der Waals surface area contributed by atoms with Crippen LogP contribution in [0, 0.1) is 0 Å². The van der Waals surface area contributed by atoms with Crippen LogP contribution in [-0.4, -0.2) is 57.4 Å². The van der Waals surface area contributed by atoms with E-state index in [0.717, 1.165) is 24.3 Å². The van der Waals surface area contributed by atoms with Crippen LogP contribution in [0.2, 0.25) is 5.02 Å². The molecule has 0 bridgehead atoms. The predicted octanol–water partition coefficient (Wildman–Crippen LogP) is 4.07. The van der Waals surface area contributed by atoms with E-state index >= 15 is 0 Å². The minimum absolute atomic E-state index is 0.0473. The van der Waals surface area contributed by atoms with E-state index in [1.807, 2.05) is 36.1 Å². The normalized spacial score (nSPS) is 16.5. The molecule has 9 nitrogen and oxygen atoms in total. The number of amides is 1. The van der Waals surface area contributed by atoms with E-state index in [1.54, 1.807) is 38.4 Å². The number of anilines is 2. The molecule has 0 spiro atoms. The lowest BCUT2D eigenvalue weighted by atomic mass is 10.0. The average Bonchev–Trinajstić information content (AvgIpc) is 3.31. The molecular formula is C26H30ClN5O4. The van der Waals surface area contributed by atoms with Crippen LogP contribution in [0.3, 0.4) is 0 Å². The van der Waals surface area contributed by atoms with Crippen molar-refractivity contribution in [1.29, 1.82) is 0 Å². The fourth-order valence-electron chi connectivity index (χ4n) is 3.79. The summed E-state index contributed by atoms with van der Waals surface area (Å²) in [5.41, 5.74) is 0.556. The van der Waals surface area contributed by atoms with Crippen LogP contribution >= 0.6 is 11.6 Å². The Balaban J connectivity index is 1.33. The van der Waals surface area contributed by atoms with E-state index in [-0.39, 0.29) is 30.4 Å². The molecular weight excluding hydrogens is 482 g/mol. The monoisotopic (exact) mass is 511 g/mol. The van der Waals surface area contributed by atoms with Crippen molar-refractivity contribution in [3.05, 3.63) is 65.7 Å². The fourth-order valence-corrected chi connectivity index (χ4v) is 4.07. The molecule has 0 aliphatic carbocycles. The number of rotatable bonds is 9. The molecule has 2 N–H and O–H groups in total. The molecule has 2 aromatic heterocycles. The molecule has 1 aromatic carbocycles. The van der Waals surface area contributed by atoms with E-state index in [9.17, 15) is 9.90 Å². The molecule has 3 heterocycles. The topological polar surface area (TPSA) is 110 Å². The van der Waals surface area contributed by atoms with Gasteiger partial charge >= 0.3 is 0 Å². The highest BCUT2D eigenvalue weighted by molar-refractivity contribution is 6.34. The zero-order chi connectivity index (χ0) is 25.7. The van der Waals surface area contributed by atoms with Gasteiger partial charge in [-0.15, -0.1) is 0 Å². The standard InChI is InChI=1S/C26H30ClN5O4/c1-17(24(33)31-19-5-4-11-28-13-19)18-6-8-20(9-7-18)36-21-10-12-32(14-21)23-22(27)25(30-16-29-23)35-15-26(2,3)34/h4-9,11,13,16-17,21,34H,10,12,14-15H2,1-3H3,(H,31,33)/t17?,21-/m1/s1. The predicted molar refractivity (Wildman–Crippen MR) is 138 cm³/mol. The van der Waals surface area contributed by atoms with Gasteiger partial charge in [0.1, 0.15) is 29.8 Å². The first-order valence-corrected chi connectivity index (χ1v) is 12.2. The summed E-state index contributed by atoms with van der Waals surface area (Å²) in [6.45, 7) is 6.55. The van der Waals surface area contributed by atoms with E-state index < -0.39 is 5.60 Å². The minimum atomic E-state index is -1.00. The van der Waals surface area contributed by atoms with Crippen LogP contribution in [0.25, 0.3) is 0 Å². The number of hydrogen-bond donors (Lipinski definition) is 2. The summed E-state index contributed by atoms with van der Waals surface area (Å²) in [6, 6.07) is 11.2. The molecule has 4 rings (SSSR count). The van der Waals surface area contributed by atoms with E-state index in [4.69, 9.17) is 21.1 Å². The van der Waals surface area contributed by atoms with Gasteiger partial charge in [0.15, 0.2) is 5.82 Å². The van der Waals surface area contributed by atoms with Crippen molar-refractivity contribution >= 4 is 29.0 Å². The maximum absolute atomic E-state index is 12.6. The number of pyridine rings is 1. The molecule has 1 saturated heterocycles. The highest BCUT2D eigenvalue weighted by Crippen LogP contribution is 2.33. The van der Waals surface area contributed by atoms with Gasteiger partial charge in [0.05, 0.1) is 29.9 Å². The Kier molecular flexibility index (Phi) is 7.91. The number of carbonyl (C=O) groups excluding carboxylic acids is 1. The molecule has 0 radical (unpaired) electrons. The van der Waals surface area contributed by atoms with Gasteiger partial charge in [-0.05, 0) is 50.6 Å². The third-order valence-corrected chi connectivity index (χ3v) is 6.08. The first-order valence-electron chi connectivity index (χ1n) is 11.8. The van der Waals surface area contributed by atoms with Gasteiger partial charge < -0.3 is 24.8 Å². The Labute approximate surface area is 215 Å². The number of benzene rings is 1. The Morgan fingerprint density at radius 3 is 2.75 bits per heavy atom. The summed E-state index contributed by atoms with van der Waals surface area (Å²) in [4.78, 5) is 27.0. The Bertz CT molecular complexity index is 1170. The van der Waals surface area contributed by atoms with E-state index in [1.165, 1.54) is 6.33 Å². The number of ether oxygens (including phenoxy) is 2. The maximum atomic E-state index is 12.6. The average molecular weight is 512 g/mol. The second kappa shape index (κ2) is 11.1. The number of hydrogen-bond acceptors (Lipinski definition) is 8. The summed E-state index contributed by atoms with van der Waals surface area (Å²) in [6.07, 6.45) is 5.43. The van der Waals surface area contributed by atoms with Crippen molar-refractivity contribution in [3.8, 4) is 11.6 Å². The minimum Gasteiger partial charge on any atom is -0.489 e. The van der Waals surface area contributed by atoms with E-state index in [2.05, 4.69) is 20.3 Å². The van der Waals surface area contributed by atoms with Gasteiger partial charge in [0.2, 0.25) is 11.8 Å². The van der Waals surface area contributed by atoms with Crippen LogP contribution in [0.5, 0.6) is 11.6 Å². The van der Waals surface area contributed by atoms with Crippen molar-refractivity contribution in [2.45, 2.75) is 44.8 Å². The van der Waals surface area contributed by atoms with Crippen LogP contribution in [0.1, 0.15) is 38.7 Å². The quantitative estimate of drug-likeness (QED) is 0.442. The van der Waals surface area contributed by atoms with Gasteiger partial charge in [-0.25, -0.2) is 9.97 Å². The van der Waals surface area contributed by atoms with Crippen molar-refractivity contribution in [2.24, 2.45) is 0 Å². The van der Waals surface area contributed by atoms with Crippen molar-refractivity contribution in [1.82, 2.24) is 15.0 Å². The Morgan fingerprint density at radius 2 is 2.06 bits per heavy atom. The number of aromatic nitrogens is 3. The zero-order valence-electron chi connectivity index (χ0n) is 20.5. The van der Waals surface area contributed by atoms with Gasteiger partial charge in [-0.1, -0.05) is 23.7 Å². The first kappa shape index (κ1) is 25.7. The third kappa shape index (κ3) is 6.61. The van der Waals surface area contributed by atoms with Crippen LogP contribution < -0.4 is 19.7 Å². The smallest absolute Gasteiger partial charge is 0.238 e. The highest BCUT2D eigenvalue weighted by atomic mass is 35.5. The number of carbonyl (C=O) groups is 1. The number of aliphatic hydroxyl groups is 1. The largest absolute Gasteiger partial charge is 0.489 e. The number of halogens is 1. The SMILES string of the molecule is CC(C(=O)Nc1cccnc1)c1ccc(O[C@@H]2CCN(c3ncnc(OCC(C)(C)O)c3Cl)C2)cc1. The lowest BCUT2D eigenvalue weighted by Crippen LogP contribution is -2.29. The van der Waals surface area contributed by atoms with E-state index in [0.29, 0.717) is 23.1 Å². The molecule has 36 heavy (non-hydrogen) atoms. The molecule has 190 valence electrons. The second-order valence-electron chi connectivity index (χ2n) is 9.41. The van der Waals surface area contributed by atoms with Crippen LogP contribution in [-0.2, 0) is 4.79 Å². The summed E-state index contributed by atoms with van der Waals surface area (Å²) < 4.78 is 11.8. The summed E-state index contributed by atoms with van der Waals surface area (Å²) >= 11 is 6.50. The van der Waals surface area contributed by atoms with Crippen molar-refractivity contribution in [3.63, 3.8) is 0 Å².